The highest BCUT2D eigenvalue weighted by Crippen LogP contribution is 2.14. The number of rotatable bonds is 2. The molecule has 0 spiro atoms. The molecule has 4 nitrogen and oxygen atoms in total. The first kappa shape index (κ1) is 8.04. The van der Waals surface area contributed by atoms with Crippen molar-refractivity contribution in [2.45, 2.75) is 13.3 Å². The van der Waals surface area contributed by atoms with Gasteiger partial charge in [0.05, 0.1) is 13.0 Å². The maximum absolute atomic E-state index is 10.9. The minimum absolute atomic E-state index is 0.166. The molecule has 62 valence electrons. The van der Waals surface area contributed by atoms with Gasteiger partial charge in [-0.2, -0.15) is 0 Å². The maximum atomic E-state index is 10.9. The van der Waals surface area contributed by atoms with Crippen molar-refractivity contribution in [2.24, 2.45) is 5.92 Å². The third kappa shape index (κ3) is 1.93. The predicted molar refractivity (Wildman–Crippen MR) is 35.7 cm³/mol. The summed E-state index contributed by atoms with van der Waals surface area (Å²) in [7, 11) is 0. The van der Waals surface area contributed by atoms with E-state index in [-0.39, 0.29) is 30.9 Å². The van der Waals surface area contributed by atoms with Crippen LogP contribution in [0.4, 0.5) is 0 Å². The molecular formula is C7H10O4. The number of ether oxygens (including phenoxy) is 2. The van der Waals surface area contributed by atoms with Crippen molar-refractivity contribution in [3.63, 3.8) is 0 Å². The van der Waals surface area contributed by atoms with E-state index in [2.05, 4.69) is 4.74 Å². The monoisotopic (exact) mass is 158 g/mol. The van der Waals surface area contributed by atoms with E-state index in [9.17, 15) is 9.59 Å². The number of hydrogen-bond acceptors (Lipinski definition) is 4. The van der Waals surface area contributed by atoms with Gasteiger partial charge in [0.25, 0.3) is 0 Å². The summed E-state index contributed by atoms with van der Waals surface area (Å²) >= 11 is 0. The minimum atomic E-state index is -0.373. The lowest BCUT2D eigenvalue weighted by molar-refractivity contribution is -0.147. The van der Waals surface area contributed by atoms with Gasteiger partial charge in [-0.25, -0.2) is 0 Å². The Morgan fingerprint density at radius 1 is 1.82 bits per heavy atom. The Morgan fingerprint density at radius 3 is 3.00 bits per heavy atom. The largest absolute Gasteiger partial charge is 0.466 e. The van der Waals surface area contributed by atoms with Gasteiger partial charge in [0.1, 0.15) is 12.5 Å². The van der Waals surface area contributed by atoms with E-state index < -0.39 is 0 Å². The third-order valence-corrected chi connectivity index (χ3v) is 1.48. The molecule has 1 rings (SSSR count). The molecule has 1 atom stereocenters. The molecular weight excluding hydrogens is 148 g/mol. The van der Waals surface area contributed by atoms with Crippen LogP contribution in [0.1, 0.15) is 13.3 Å². The van der Waals surface area contributed by atoms with Crippen molar-refractivity contribution in [3.8, 4) is 0 Å². The molecule has 1 aliphatic rings. The summed E-state index contributed by atoms with van der Waals surface area (Å²) in [5.41, 5.74) is 0. The van der Waals surface area contributed by atoms with Crippen LogP contribution in [0.3, 0.4) is 0 Å². The molecule has 0 radical (unpaired) electrons. The topological polar surface area (TPSA) is 52.6 Å². The van der Waals surface area contributed by atoms with E-state index in [0.717, 1.165) is 0 Å². The molecule has 0 aromatic heterocycles. The minimum Gasteiger partial charge on any atom is -0.466 e. The van der Waals surface area contributed by atoms with Gasteiger partial charge < -0.3 is 9.47 Å². The van der Waals surface area contributed by atoms with Crippen LogP contribution in [0.15, 0.2) is 0 Å². The molecule has 0 bridgehead atoms. The van der Waals surface area contributed by atoms with Crippen molar-refractivity contribution in [1.29, 1.82) is 0 Å². The fourth-order valence-corrected chi connectivity index (χ4v) is 0.924. The number of esters is 2. The quantitative estimate of drug-likeness (QED) is 0.535. The van der Waals surface area contributed by atoms with E-state index in [4.69, 9.17) is 4.74 Å². The molecule has 1 fully saturated rings. The molecule has 1 unspecified atom stereocenters. The maximum Gasteiger partial charge on any atom is 0.312 e. The first-order chi connectivity index (χ1) is 5.24. The second-order valence-corrected chi connectivity index (χ2v) is 2.34. The number of carbonyl (C=O) groups excluding carboxylic acids is 2. The lowest BCUT2D eigenvalue weighted by atomic mass is 10.1. The molecule has 0 aromatic carbocycles. The molecule has 0 amide bonds. The van der Waals surface area contributed by atoms with E-state index in [1.54, 1.807) is 6.92 Å². The Balaban J connectivity index is 2.37. The molecule has 1 saturated heterocycles. The average molecular weight is 158 g/mol. The highest BCUT2D eigenvalue weighted by molar-refractivity contribution is 5.82. The molecule has 0 saturated carbocycles. The van der Waals surface area contributed by atoms with Gasteiger partial charge in [-0.1, -0.05) is 0 Å². The first-order valence-electron chi connectivity index (χ1n) is 3.56. The summed E-state index contributed by atoms with van der Waals surface area (Å²) in [5, 5.41) is 0. The average Bonchev–Trinajstić information content (AvgIpc) is 2.36. The van der Waals surface area contributed by atoms with Crippen molar-refractivity contribution in [3.05, 3.63) is 0 Å². The van der Waals surface area contributed by atoms with Crippen molar-refractivity contribution in [1.82, 2.24) is 0 Å². The van der Waals surface area contributed by atoms with Gasteiger partial charge in [-0.3, -0.25) is 9.59 Å². The van der Waals surface area contributed by atoms with Gasteiger partial charge in [-0.15, -0.1) is 0 Å². The van der Waals surface area contributed by atoms with E-state index >= 15 is 0 Å². The van der Waals surface area contributed by atoms with Crippen LogP contribution in [-0.2, 0) is 19.1 Å². The summed E-state index contributed by atoms with van der Waals surface area (Å²) in [5.74, 6) is -1.02. The van der Waals surface area contributed by atoms with Gasteiger partial charge in [-0.05, 0) is 6.92 Å². The molecule has 11 heavy (non-hydrogen) atoms. The van der Waals surface area contributed by atoms with Gasteiger partial charge >= 0.3 is 11.9 Å². The number of cyclic esters (lactones) is 1. The first-order valence-corrected chi connectivity index (χ1v) is 3.56. The van der Waals surface area contributed by atoms with Crippen LogP contribution in [0.5, 0.6) is 0 Å². The van der Waals surface area contributed by atoms with Crippen LogP contribution in [0, 0.1) is 5.92 Å². The summed E-state index contributed by atoms with van der Waals surface area (Å²) in [6.07, 6.45) is 0.166. The number of carbonyl (C=O) groups is 2. The zero-order valence-corrected chi connectivity index (χ0v) is 6.33. The van der Waals surface area contributed by atoms with Gasteiger partial charge in [0, 0.05) is 0 Å². The molecule has 4 heteroatoms. The Kier molecular flexibility index (Phi) is 2.46. The van der Waals surface area contributed by atoms with Crippen LogP contribution in [0.2, 0.25) is 0 Å². The van der Waals surface area contributed by atoms with Crippen LogP contribution in [0.25, 0.3) is 0 Å². The van der Waals surface area contributed by atoms with E-state index in [0.29, 0.717) is 6.61 Å². The van der Waals surface area contributed by atoms with Gasteiger partial charge in [0.15, 0.2) is 0 Å². The molecule has 0 aromatic rings. The zero-order chi connectivity index (χ0) is 8.27. The molecule has 1 heterocycles. The Labute approximate surface area is 64.5 Å². The second kappa shape index (κ2) is 3.37. The summed E-state index contributed by atoms with van der Waals surface area (Å²) < 4.78 is 9.30. The second-order valence-electron chi connectivity index (χ2n) is 2.34. The Hall–Kier alpha value is -1.06. The number of hydrogen-bond donors (Lipinski definition) is 0. The summed E-state index contributed by atoms with van der Waals surface area (Å²) in [6.45, 7) is 2.26. The van der Waals surface area contributed by atoms with Crippen LogP contribution >= 0.6 is 0 Å². The molecule has 0 N–H and O–H groups in total. The highest BCUT2D eigenvalue weighted by Gasteiger charge is 2.30. The SMILES string of the molecule is CCOC(=O)C1COC(=O)C1. The third-order valence-electron chi connectivity index (χ3n) is 1.48. The molecule has 1 aliphatic heterocycles. The smallest absolute Gasteiger partial charge is 0.312 e. The zero-order valence-electron chi connectivity index (χ0n) is 6.33. The Bertz CT molecular complexity index is 175. The van der Waals surface area contributed by atoms with Crippen molar-refractivity contribution >= 4 is 11.9 Å². The fraction of sp³-hybridized carbons (Fsp3) is 0.714. The van der Waals surface area contributed by atoms with E-state index in [1.807, 2.05) is 0 Å². The predicted octanol–water partition coefficient (Wildman–Crippen LogP) is 0.113. The Morgan fingerprint density at radius 2 is 2.55 bits per heavy atom. The summed E-state index contributed by atoms with van der Waals surface area (Å²) in [6, 6.07) is 0. The lowest BCUT2D eigenvalue weighted by Gasteiger charge is -2.03. The fourth-order valence-electron chi connectivity index (χ4n) is 0.924. The highest BCUT2D eigenvalue weighted by atomic mass is 16.6. The van der Waals surface area contributed by atoms with Crippen LogP contribution in [-0.4, -0.2) is 25.2 Å². The normalized spacial score (nSPS) is 23.0. The van der Waals surface area contributed by atoms with Crippen molar-refractivity contribution < 1.29 is 19.1 Å². The summed E-state index contributed by atoms with van der Waals surface area (Å²) in [4.78, 5) is 21.5. The van der Waals surface area contributed by atoms with Gasteiger partial charge in [0.2, 0.25) is 0 Å². The standard InChI is InChI=1S/C7H10O4/c1-2-10-7(9)5-3-6(8)11-4-5/h5H,2-4H2,1H3. The molecule has 0 aliphatic carbocycles. The van der Waals surface area contributed by atoms with E-state index in [1.165, 1.54) is 0 Å². The lowest BCUT2D eigenvalue weighted by Crippen LogP contribution is -2.17. The van der Waals surface area contributed by atoms with Crippen molar-refractivity contribution in [2.75, 3.05) is 13.2 Å². The van der Waals surface area contributed by atoms with Crippen LogP contribution < -0.4 is 0 Å².